The van der Waals surface area contributed by atoms with Crippen LogP contribution in [-0.2, 0) is 5.41 Å². The lowest BCUT2D eigenvalue weighted by molar-refractivity contribution is 0.102. The van der Waals surface area contributed by atoms with E-state index in [1.54, 1.807) is 49.9 Å². The molecule has 0 fully saturated rings. The molecule has 0 bridgehead atoms. The molecule has 4 aromatic rings. The van der Waals surface area contributed by atoms with Gasteiger partial charge in [-0.15, -0.1) is 0 Å². The highest BCUT2D eigenvalue weighted by atomic mass is 16.1. The third kappa shape index (κ3) is 5.45. The van der Waals surface area contributed by atoms with E-state index in [2.05, 4.69) is 42.0 Å². The second-order valence-electron chi connectivity index (χ2n) is 8.74. The summed E-state index contributed by atoms with van der Waals surface area (Å²) in [5.41, 5.74) is 3.67. The SMILES string of the molecule is CNc1ncc(-c2nccc(Nc3cc(NC(=O)c4cccc(C(C)(C)C#N)c4)ccc3C)n2)cn1. The standard InChI is InChI=1S/C27H26N8O/c1-17-8-9-21(33-25(36)18-6-5-7-20(12-18)27(2,3)16-28)13-22(17)34-23-10-11-30-24(35-23)19-14-31-26(29-4)32-15-19/h5-15H,1-4H3,(H,33,36)(H,29,31,32)(H,30,34,35). The highest BCUT2D eigenvalue weighted by Gasteiger charge is 2.21. The van der Waals surface area contributed by atoms with Gasteiger partial charge in [-0.25, -0.2) is 19.9 Å². The van der Waals surface area contributed by atoms with Crippen LogP contribution in [0.3, 0.4) is 0 Å². The zero-order valence-electron chi connectivity index (χ0n) is 20.5. The summed E-state index contributed by atoms with van der Waals surface area (Å²) in [5.74, 6) is 1.35. The Hall–Kier alpha value is -4.84. The van der Waals surface area contributed by atoms with Crippen LogP contribution in [0.25, 0.3) is 11.4 Å². The van der Waals surface area contributed by atoms with Gasteiger partial charge in [0.1, 0.15) is 5.82 Å². The van der Waals surface area contributed by atoms with Gasteiger partial charge in [0.15, 0.2) is 5.82 Å². The number of hydrogen-bond acceptors (Lipinski definition) is 8. The van der Waals surface area contributed by atoms with Crippen LogP contribution in [0.1, 0.15) is 35.3 Å². The van der Waals surface area contributed by atoms with E-state index in [0.29, 0.717) is 34.4 Å². The molecule has 0 atom stereocenters. The quantitative estimate of drug-likeness (QED) is 0.335. The van der Waals surface area contributed by atoms with Gasteiger partial charge >= 0.3 is 0 Å². The number of nitrogens with one attached hydrogen (secondary N) is 3. The Balaban J connectivity index is 1.53. The fourth-order valence-electron chi connectivity index (χ4n) is 3.43. The summed E-state index contributed by atoms with van der Waals surface area (Å²) < 4.78 is 0. The molecular weight excluding hydrogens is 452 g/mol. The summed E-state index contributed by atoms with van der Waals surface area (Å²) in [4.78, 5) is 30.3. The monoisotopic (exact) mass is 478 g/mol. The first kappa shape index (κ1) is 24.3. The molecule has 1 amide bonds. The molecule has 4 rings (SSSR count). The van der Waals surface area contributed by atoms with Gasteiger partial charge in [0, 0.05) is 42.6 Å². The first-order chi connectivity index (χ1) is 17.3. The van der Waals surface area contributed by atoms with Crippen molar-refractivity contribution in [2.45, 2.75) is 26.2 Å². The van der Waals surface area contributed by atoms with Crippen molar-refractivity contribution in [3.05, 3.63) is 83.8 Å². The van der Waals surface area contributed by atoms with Crippen LogP contribution in [0.15, 0.2) is 67.1 Å². The minimum absolute atomic E-state index is 0.255. The van der Waals surface area contributed by atoms with Crippen molar-refractivity contribution in [1.29, 1.82) is 5.26 Å². The maximum atomic E-state index is 12.9. The molecular formula is C27H26N8O. The molecule has 3 N–H and O–H groups in total. The zero-order valence-corrected chi connectivity index (χ0v) is 20.5. The van der Waals surface area contributed by atoms with E-state index in [1.807, 2.05) is 45.0 Å². The van der Waals surface area contributed by atoms with Crippen molar-refractivity contribution in [2.24, 2.45) is 0 Å². The molecule has 36 heavy (non-hydrogen) atoms. The van der Waals surface area contributed by atoms with Gasteiger partial charge in [0.25, 0.3) is 5.91 Å². The molecule has 0 aliphatic rings. The van der Waals surface area contributed by atoms with Crippen LogP contribution in [-0.4, -0.2) is 32.9 Å². The number of nitrogens with zero attached hydrogens (tertiary/aromatic N) is 5. The van der Waals surface area contributed by atoms with E-state index in [4.69, 9.17) is 0 Å². The van der Waals surface area contributed by atoms with Crippen LogP contribution in [0.2, 0.25) is 0 Å². The first-order valence-electron chi connectivity index (χ1n) is 11.3. The van der Waals surface area contributed by atoms with Crippen molar-refractivity contribution in [2.75, 3.05) is 23.0 Å². The molecule has 0 saturated carbocycles. The maximum Gasteiger partial charge on any atom is 0.255 e. The van der Waals surface area contributed by atoms with Crippen LogP contribution in [0, 0.1) is 18.3 Å². The van der Waals surface area contributed by atoms with E-state index in [0.717, 1.165) is 16.8 Å². The van der Waals surface area contributed by atoms with Gasteiger partial charge in [-0.3, -0.25) is 4.79 Å². The number of anilines is 4. The van der Waals surface area contributed by atoms with Gasteiger partial charge in [-0.1, -0.05) is 18.2 Å². The zero-order chi connectivity index (χ0) is 25.7. The third-order valence-electron chi connectivity index (χ3n) is 5.67. The lowest BCUT2D eigenvalue weighted by Crippen LogP contribution is -2.17. The Bertz CT molecular complexity index is 1440. The lowest BCUT2D eigenvalue weighted by atomic mass is 9.85. The normalized spacial score (nSPS) is 10.9. The summed E-state index contributed by atoms with van der Waals surface area (Å²) >= 11 is 0. The number of amides is 1. The summed E-state index contributed by atoms with van der Waals surface area (Å²) in [6, 6.07) is 16.8. The lowest BCUT2D eigenvalue weighted by Gasteiger charge is -2.17. The van der Waals surface area contributed by atoms with Gasteiger partial charge in [-0.05, 0) is 62.2 Å². The summed E-state index contributed by atoms with van der Waals surface area (Å²) in [6.45, 7) is 5.61. The smallest absolute Gasteiger partial charge is 0.255 e. The molecule has 2 heterocycles. The van der Waals surface area contributed by atoms with Crippen LogP contribution < -0.4 is 16.0 Å². The molecule has 180 valence electrons. The molecule has 0 aliphatic heterocycles. The number of carbonyl (C=O) groups is 1. The van der Waals surface area contributed by atoms with Crippen LogP contribution >= 0.6 is 0 Å². The second kappa shape index (κ2) is 10.2. The average Bonchev–Trinajstić information content (AvgIpc) is 2.91. The Morgan fingerprint density at radius 3 is 2.53 bits per heavy atom. The van der Waals surface area contributed by atoms with E-state index >= 15 is 0 Å². The minimum atomic E-state index is -0.686. The average molecular weight is 479 g/mol. The topological polar surface area (TPSA) is 129 Å². The Morgan fingerprint density at radius 2 is 1.81 bits per heavy atom. The Kier molecular flexibility index (Phi) is 6.88. The molecule has 2 aromatic carbocycles. The minimum Gasteiger partial charge on any atom is -0.357 e. The molecule has 9 nitrogen and oxygen atoms in total. The van der Waals surface area contributed by atoms with Gasteiger partial charge in [0.05, 0.1) is 17.0 Å². The molecule has 0 radical (unpaired) electrons. The van der Waals surface area contributed by atoms with Crippen molar-refractivity contribution in [3.8, 4) is 17.5 Å². The molecule has 9 heteroatoms. The fourth-order valence-corrected chi connectivity index (χ4v) is 3.43. The molecule has 0 saturated heterocycles. The van der Waals surface area contributed by atoms with Crippen molar-refractivity contribution in [1.82, 2.24) is 19.9 Å². The largest absolute Gasteiger partial charge is 0.357 e. The highest BCUT2D eigenvalue weighted by Crippen LogP contribution is 2.26. The summed E-state index contributed by atoms with van der Waals surface area (Å²) in [6.07, 6.45) is 4.98. The van der Waals surface area contributed by atoms with Crippen LogP contribution in [0.5, 0.6) is 0 Å². The first-order valence-corrected chi connectivity index (χ1v) is 11.3. The third-order valence-corrected chi connectivity index (χ3v) is 5.67. The molecule has 0 aliphatic carbocycles. The van der Waals surface area contributed by atoms with Crippen LogP contribution in [0.4, 0.5) is 23.1 Å². The number of hydrogen-bond donors (Lipinski definition) is 3. The van der Waals surface area contributed by atoms with Crippen molar-refractivity contribution >= 4 is 29.0 Å². The number of benzene rings is 2. The van der Waals surface area contributed by atoms with E-state index in [1.165, 1.54) is 0 Å². The number of rotatable bonds is 7. The Labute approximate surface area is 209 Å². The summed E-state index contributed by atoms with van der Waals surface area (Å²) in [5, 5.41) is 18.5. The van der Waals surface area contributed by atoms with Gasteiger partial charge in [-0.2, -0.15) is 5.26 Å². The predicted molar refractivity (Wildman–Crippen MR) is 140 cm³/mol. The van der Waals surface area contributed by atoms with Crippen molar-refractivity contribution < 1.29 is 4.79 Å². The van der Waals surface area contributed by atoms with E-state index < -0.39 is 5.41 Å². The molecule has 2 aromatic heterocycles. The maximum absolute atomic E-state index is 12.9. The number of aromatic nitrogens is 4. The number of nitriles is 1. The number of carbonyl (C=O) groups excluding carboxylic acids is 1. The number of aryl methyl sites for hydroxylation is 1. The highest BCUT2D eigenvalue weighted by molar-refractivity contribution is 6.04. The van der Waals surface area contributed by atoms with Crippen molar-refractivity contribution in [3.63, 3.8) is 0 Å². The molecule has 0 spiro atoms. The van der Waals surface area contributed by atoms with E-state index in [-0.39, 0.29) is 5.91 Å². The fraction of sp³-hybridized carbons (Fsp3) is 0.185. The second-order valence-corrected chi connectivity index (χ2v) is 8.74. The predicted octanol–water partition coefficient (Wildman–Crippen LogP) is 5.08. The Morgan fingerprint density at radius 1 is 1.03 bits per heavy atom. The van der Waals surface area contributed by atoms with Gasteiger partial charge < -0.3 is 16.0 Å². The van der Waals surface area contributed by atoms with Gasteiger partial charge in [0.2, 0.25) is 5.95 Å². The molecule has 0 unspecified atom stereocenters. The van der Waals surface area contributed by atoms with E-state index in [9.17, 15) is 10.1 Å². The summed E-state index contributed by atoms with van der Waals surface area (Å²) in [7, 11) is 1.75.